The van der Waals surface area contributed by atoms with Crippen LogP contribution in [0.2, 0.25) is 0 Å². The Bertz CT molecular complexity index is 902. The van der Waals surface area contributed by atoms with Crippen LogP contribution in [0.1, 0.15) is 24.8 Å². The van der Waals surface area contributed by atoms with E-state index in [-0.39, 0.29) is 12.0 Å². The van der Waals surface area contributed by atoms with Crippen molar-refractivity contribution in [3.8, 4) is 0 Å². The molecule has 4 heterocycles. The molecule has 0 aliphatic carbocycles. The molecule has 2 N–H and O–H groups in total. The first kappa shape index (κ1) is 31.2. The molecule has 214 valence electrons. The molecule has 3 atom stereocenters. The largest absolute Gasteiger partial charge is 0.490 e. The molecule has 10 nitrogen and oxygen atoms in total. The fourth-order valence-electron chi connectivity index (χ4n) is 4.18. The number of carboxylic acid groups (broad SMARTS) is 2. The average molecular weight is 559 g/mol. The molecule has 0 saturated carbocycles. The number of amides is 1. The Morgan fingerprint density at radius 3 is 2.18 bits per heavy atom. The highest BCUT2D eigenvalue weighted by Crippen LogP contribution is 2.36. The van der Waals surface area contributed by atoms with Crippen molar-refractivity contribution in [2.75, 3.05) is 32.8 Å². The number of fused-ring (bicyclic) bond motifs is 1. The first-order valence-electron chi connectivity index (χ1n) is 11.4. The molecule has 3 aliphatic rings. The maximum Gasteiger partial charge on any atom is 0.490 e. The molecule has 1 aromatic rings. The third kappa shape index (κ3) is 10.1. The Kier molecular flexibility index (Phi) is 11.3. The number of hydroxylamine groups is 2. The first-order valence-corrected chi connectivity index (χ1v) is 11.4. The fraction of sp³-hybridized carbons (Fsp3) is 0.636. The number of piperidine rings is 1. The van der Waals surface area contributed by atoms with Crippen molar-refractivity contribution in [2.45, 2.75) is 44.3 Å². The number of alkyl halides is 6. The third-order valence-electron chi connectivity index (χ3n) is 5.90. The van der Waals surface area contributed by atoms with Crippen LogP contribution >= 0.6 is 0 Å². The zero-order valence-corrected chi connectivity index (χ0v) is 20.0. The molecule has 3 aliphatic heterocycles. The molecular formula is C22H27F6N3O7. The molecule has 1 aromatic heterocycles. The Morgan fingerprint density at radius 2 is 1.68 bits per heavy atom. The number of hydrogen-bond donors (Lipinski definition) is 2. The smallest absolute Gasteiger partial charge is 0.475 e. The summed E-state index contributed by atoms with van der Waals surface area (Å²) in [5, 5.41) is 15.8. The number of rotatable bonds is 4. The second kappa shape index (κ2) is 13.7. The molecule has 38 heavy (non-hydrogen) atoms. The van der Waals surface area contributed by atoms with Crippen LogP contribution < -0.4 is 0 Å². The van der Waals surface area contributed by atoms with E-state index in [1.165, 1.54) is 10.6 Å². The topological polar surface area (TPSA) is 130 Å². The van der Waals surface area contributed by atoms with Gasteiger partial charge in [-0.1, -0.05) is 6.07 Å². The zero-order valence-electron chi connectivity index (χ0n) is 20.0. The average Bonchev–Trinajstić information content (AvgIpc) is 3.50. The number of carbonyl (C=O) groups is 3. The highest BCUT2D eigenvalue weighted by molar-refractivity contribution is 5.76. The minimum absolute atomic E-state index is 0.0623. The van der Waals surface area contributed by atoms with Crippen molar-refractivity contribution in [1.82, 2.24) is 14.9 Å². The second-order valence-corrected chi connectivity index (χ2v) is 8.67. The Hall–Kier alpha value is -2.98. The van der Waals surface area contributed by atoms with Crippen molar-refractivity contribution in [3.05, 3.63) is 30.1 Å². The highest BCUT2D eigenvalue weighted by atomic mass is 19.4. The summed E-state index contributed by atoms with van der Waals surface area (Å²) < 4.78 is 69.5. The molecule has 0 aromatic carbocycles. The van der Waals surface area contributed by atoms with Crippen LogP contribution in [-0.4, -0.2) is 94.3 Å². The van der Waals surface area contributed by atoms with Gasteiger partial charge in [-0.15, -0.1) is 0 Å². The van der Waals surface area contributed by atoms with E-state index in [1.54, 1.807) is 0 Å². The quantitative estimate of drug-likeness (QED) is 0.535. The molecule has 3 fully saturated rings. The van der Waals surface area contributed by atoms with Gasteiger partial charge >= 0.3 is 24.3 Å². The van der Waals surface area contributed by atoms with Gasteiger partial charge in [-0.2, -0.15) is 26.3 Å². The Labute approximate surface area is 213 Å². The number of aromatic nitrogens is 1. The van der Waals surface area contributed by atoms with E-state index in [2.05, 4.69) is 16.0 Å². The van der Waals surface area contributed by atoms with Crippen molar-refractivity contribution in [2.24, 2.45) is 11.8 Å². The molecule has 0 unspecified atom stereocenters. The standard InChI is InChI=1S/C18H25N3O3.2C2HF3O2/c22-18(21-6-2-8-24-21)9-17-16-4-7-20(12-15(16)13-23-17)11-14-3-1-5-19-10-14;2*3-2(4,5)1(6)7/h1,3,5,10,15-17H,2,4,6-9,11-13H2;2*(H,6,7)/t15-,16-,17-;;/m1../s1. The zero-order chi connectivity index (χ0) is 28.5. The molecule has 1 amide bonds. The maximum absolute atomic E-state index is 12.3. The van der Waals surface area contributed by atoms with Gasteiger partial charge in [0.05, 0.1) is 32.3 Å². The molecule has 3 saturated heterocycles. The van der Waals surface area contributed by atoms with Gasteiger partial charge < -0.3 is 14.9 Å². The van der Waals surface area contributed by atoms with Gasteiger partial charge in [0.25, 0.3) is 0 Å². The van der Waals surface area contributed by atoms with E-state index in [1.807, 2.05) is 18.5 Å². The summed E-state index contributed by atoms with van der Waals surface area (Å²) in [4.78, 5) is 42.1. The second-order valence-electron chi connectivity index (χ2n) is 8.67. The van der Waals surface area contributed by atoms with Crippen LogP contribution in [0.15, 0.2) is 24.5 Å². The van der Waals surface area contributed by atoms with Crippen molar-refractivity contribution in [1.29, 1.82) is 0 Å². The number of ether oxygens (including phenoxy) is 1. The molecule has 0 spiro atoms. The molecule has 0 radical (unpaired) electrons. The summed E-state index contributed by atoms with van der Waals surface area (Å²) in [5.41, 5.74) is 1.26. The lowest BCUT2D eigenvalue weighted by Gasteiger charge is -2.35. The van der Waals surface area contributed by atoms with Gasteiger partial charge in [-0.3, -0.25) is 19.5 Å². The first-order chi connectivity index (χ1) is 17.7. The van der Waals surface area contributed by atoms with E-state index >= 15 is 0 Å². The monoisotopic (exact) mass is 559 g/mol. The van der Waals surface area contributed by atoms with Crippen LogP contribution in [0.4, 0.5) is 26.3 Å². The van der Waals surface area contributed by atoms with Crippen LogP contribution in [-0.2, 0) is 30.5 Å². The molecular weight excluding hydrogens is 532 g/mol. The molecule has 0 bridgehead atoms. The summed E-state index contributed by atoms with van der Waals surface area (Å²) in [6, 6.07) is 4.12. The van der Waals surface area contributed by atoms with E-state index < -0.39 is 24.3 Å². The number of carboxylic acids is 2. The lowest BCUT2D eigenvalue weighted by molar-refractivity contribution is -0.193. The van der Waals surface area contributed by atoms with Gasteiger partial charge in [0.2, 0.25) is 5.91 Å². The van der Waals surface area contributed by atoms with E-state index in [4.69, 9.17) is 29.4 Å². The third-order valence-corrected chi connectivity index (χ3v) is 5.90. The van der Waals surface area contributed by atoms with Crippen molar-refractivity contribution >= 4 is 17.8 Å². The number of nitrogens with zero attached hydrogens (tertiary/aromatic N) is 3. The van der Waals surface area contributed by atoms with Gasteiger partial charge in [0.15, 0.2) is 0 Å². The van der Waals surface area contributed by atoms with Crippen LogP contribution in [0.25, 0.3) is 0 Å². The predicted molar refractivity (Wildman–Crippen MR) is 115 cm³/mol. The lowest BCUT2D eigenvalue weighted by atomic mass is 9.83. The Balaban J connectivity index is 0.000000301. The van der Waals surface area contributed by atoms with Crippen LogP contribution in [0, 0.1) is 11.8 Å². The minimum atomic E-state index is -5.08. The highest BCUT2D eigenvalue weighted by Gasteiger charge is 2.42. The summed E-state index contributed by atoms with van der Waals surface area (Å²) in [5.74, 6) is -4.40. The van der Waals surface area contributed by atoms with E-state index in [0.717, 1.165) is 45.6 Å². The molecule has 4 rings (SSSR count). The van der Waals surface area contributed by atoms with Crippen molar-refractivity contribution < 1.29 is 60.5 Å². The van der Waals surface area contributed by atoms with Gasteiger partial charge in [0.1, 0.15) is 0 Å². The number of pyridine rings is 1. The number of carbonyl (C=O) groups excluding carboxylic acids is 1. The molecule has 16 heteroatoms. The number of likely N-dealkylation sites (tertiary alicyclic amines) is 1. The van der Waals surface area contributed by atoms with Crippen LogP contribution in [0.3, 0.4) is 0 Å². The van der Waals surface area contributed by atoms with Gasteiger partial charge in [0, 0.05) is 31.4 Å². The number of halogens is 6. The minimum Gasteiger partial charge on any atom is -0.475 e. The summed E-state index contributed by atoms with van der Waals surface area (Å²) in [6.07, 6.45) is -3.85. The van der Waals surface area contributed by atoms with Gasteiger partial charge in [-0.05, 0) is 36.9 Å². The fourth-order valence-corrected chi connectivity index (χ4v) is 4.18. The maximum atomic E-state index is 12.3. The SMILES string of the molecule is O=C(C[C@H]1OC[C@H]2CN(Cc3cccnc3)CC[C@H]21)N1CCCO1.O=C(O)C(F)(F)F.O=C(O)C(F)(F)F. The van der Waals surface area contributed by atoms with E-state index in [0.29, 0.717) is 24.9 Å². The summed E-state index contributed by atoms with van der Waals surface area (Å²) in [7, 11) is 0. The van der Waals surface area contributed by atoms with Crippen LogP contribution in [0.5, 0.6) is 0 Å². The lowest BCUT2D eigenvalue weighted by Crippen LogP contribution is -2.42. The van der Waals surface area contributed by atoms with E-state index in [9.17, 15) is 31.1 Å². The normalized spacial score (nSPS) is 23.4. The Morgan fingerprint density at radius 1 is 1.05 bits per heavy atom. The summed E-state index contributed by atoms with van der Waals surface area (Å²) in [6.45, 7) is 5.20. The number of hydrogen-bond acceptors (Lipinski definition) is 7. The number of aliphatic carboxylic acids is 2. The van der Waals surface area contributed by atoms with Gasteiger partial charge in [-0.25, -0.2) is 14.7 Å². The summed E-state index contributed by atoms with van der Waals surface area (Å²) >= 11 is 0. The predicted octanol–water partition coefficient (Wildman–Crippen LogP) is 2.74. The van der Waals surface area contributed by atoms with Crippen molar-refractivity contribution in [3.63, 3.8) is 0 Å².